The molecule has 0 bridgehead atoms. The summed E-state index contributed by atoms with van der Waals surface area (Å²) in [6.07, 6.45) is 7.63. The summed E-state index contributed by atoms with van der Waals surface area (Å²) in [6, 6.07) is 16.2. The number of aromatic nitrogens is 2. The van der Waals surface area contributed by atoms with Crippen molar-refractivity contribution in [3.8, 4) is 0 Å². The molecule has 0 atom stereocenters. The highest BCUT2D eigenvalue weighted by molar-refractivity contribution is 5.54. The predicted octanol–water partition coefficient (Wildman–Crippen LogP) is 5.50. The standard InChI is InChI=1S/C28H39N10/c1-8-38-22-21-37(7)28(38)33-32-25-11-15-27(16-12-25)36(6)20-19-35(5)26-13-9-24(10-14-26)31-30-23(2)34(4)18-17-29-3/h9-18,21-22,29H,2,8,19-20H2,1,3-7H3/q+1/b18-17-,31-30?. The van der Waals surface area contributed by atoms with Crippen LogP contribution in [-0.4, -0.2) is 50.7 Å². The van der Waals surface area contributed by atoms with Crippen molar-refractivity contribution in [3.63, 3.8) is 0 Å². The average molecular weight is 516 g/mol. The van der Waals surface area contributed by atoms with Gasteiger partial charge >= 0.3 is 5.95 Å². The fourth-order valence-corrected chi connectivity index (χ4v) is 3.56. The second-order valence-corrected chi connectivity index (χ2v) is 8.90. The van der Waals surface area contributed by atoms with Gasteiger partial charge in [0.05, 0.1) is 31.7 Å². The minimum absolute atomic E-state index is 0.553. The van der Waals surface area contributed by atoms with Crippen molar-refractivity contribution in [1.82, 2.24) is 14.8 Å². The van der Waals surface area contributed by atoms with Crippen LogP contribution < -0.4 is 19.7 Å². The van der Waals surface area contributed by atoms with Crippen LogP contribution >= 0.6 is 0 Å². The average Bonchev–Trinajstić information content (AvgIpc) is 3.31. The van der Waals surface area contributed by atoms with E-state index in [4.69, 9.17) is 0 Å². The van der Waals surface area contributed by atoms with E-state index < -0.39 is 0 Å². The number of hydrogen-bond donors (Lipinski definition) is 1. The number of anilines is 2. The summed E-state index contributed by atoms with van der Waals surface area (Å²) in [4.78, 5) is 6.24. The van der Waals surface area contributed by atoms with Gasteiger partial charge in [-0.2, -0.15) is 0 Å². The minimum atomic E-state index is 0.553. The highest BCUT2D eigenvalue weighted by atomic mass is 15.3. The molecule has 200 valence electrons. The summed E-state index contributed by atoms with van der Waals surface area (Å²) >= 11 is 0. The molecule has 1 N–H and O–H groups in total. The van der Waals surface area contributed by atoms with Crippen molar-refractivity contribution in [2.24, 2.45) is 27.5 Å². The molecule has 1 heterocycles. The zero-order valence-electron chi connectivity index (χ0n) is 23.3. The van der Waals surface area contributed by atoms with E-state index in [0.717, 1.165) is 48.3 Å². The number of rotatable bonds is 13. The van der Waals surface area contributed by atoms with Gasteiger partial charge in [0, 0.05) is 70.2 Å². The molecular weight excluding hydrogens is 476 g/mol. The molecule has 0 fully saturated rings. The largest absolute Gasteiger partial charge is 0.421 e. The molecule has 2 aromatic carbocycles. The third-order valence-corrected chi connectivity index (χ3v) is 6.14. The fourth-order valence-electron chi connectivity index (χ4n) is 3.56. The Morgan fingerprint density at radius 1 is 0.921 bits per heavy atom. The maximum absolute atomic E-state index is 4.43. The van der Waals surface area contributed by atoms with Crippen LogP contribution in [-0.2, 0) is 13.6 Å². The van der Waals surface area contributed by atoms with Crippen LogP contribution in [0.3, 0.4) is 0 Å². The lowest BCUT2D eigenvalue weighted by Gasteiger charge is -2.25. The first-order valence-corrected chi connectivity index (χ1v) is 12.6. The Kier molecular flexibility index (Phi) is 10.2. The summed E-state index contributed by atoms with van der Waals surface area (Å²) in [7, 11) is 9.86. The van der Waals surface area contributed by atoms with E-state index in [-0.39, 0.29) is 0 Å². The maximum Gasteiger partial charge on any atom is 0.421 e. The number of benzene rings is 2. The lowest BCUT2D eigenvalue weighted by molar-refractivity contribution is -0.657. The molecule has 10 heteroatoms. The lowest BCUT2D eigenvalue weighted by Crippen LogP contribution is -2.30. The number of aryl methyl sites for hydroxylation is 2. The Hall–Kier alpha value is -4.47. The Morgan fingerprint density at radius 3 is 2.00 bits per heavy atom. The van der Waals surface area contributed by atoms with Gasteiger partial charge in [0.1, 0.15) is 11.5 Å². The summed E-state index contributed by atoms with van der Waals surface area (Å²) < 4.78 is 4.02. The Labute approximate surface area is 225 Å². The molecule has 3 aromatic rings. The first-order chi connectivity index (χ1) is 18.3. The quantitative estimate of drug-likeness (QED) is 0.241. The second-order valence-electron chi connectivity index (χ2n) is 8.90. The van der Waals surface area contributed by atoms with Gasteiger partial charge in [-0.3, -0.25) is 0 Å². The predicted molar refractivity (Wildman–Crippen MR) is 155 cm³/mol. The molecule has 0 spiro atoms. The van der Waals surface area contributed by atoms with Crippen LogP contribution in [0.5, 0.6) is 0 Å². The molecule has 0 aliphatic carbocycles. The SMILES string of the molecule is C=C(N=Nc1ccc(N(C)CCN(C)c2ccc(N=Nc3n(CC)cc[n+]3C)cc2)cc1)N(C)/C=C\NC. The second kappa shape index (κ2) is 13.7. The number of likely N-dealkylation sites (N-methyl/N-ethyl adjacent to an activating group) is 2. The van der Waals surface area contributed by atoms with E-state index in [0.29, 0.717) is 5.82 Å². The van der Waals surface area contributed by atoms with Gasteiger partial charge in [-0.25, -0.2) is 9.13 Å². The third-order valence-electron chi connectivity index (χ3n) is 6.14. The lowest BCUT2D eigenvalue weighted by atomic mass is 10.2. The molecule has 0 aliphatic rings. The highest BCUT2D eigenvalue weighted by Gasteiger charge is 2.12. The van der Waals surface area contributed by atoms with E-state index in [1.165, 1.54) is 0 Å². The van der Waals surface area contributed by atoms with Crippen molar-refractivity contribution in [1.29, 1.82) is 0 Å². The molecule has 0 amide bonds. The third kappa shape index (κ3) is 7.76. The van der Waals surface area contributed by atoms with Crippen LogP contribution in [0.2, 0.25) is 0 Å². The van der Waals surface area contributed by atoms with Gasteiger partial charge in [-0.15, -0.1) is 10.2 Å². The van der Waals surface area contributed by atoms with Crippen molar-refractivity contribution < 1.29 is 4.57 Å². The fraction of sp³-hybridized carbons (Fsp3) is 0.321. The van der Waals surface area contributed by atoms with Gasteiger partial charge in [0.15, 0.2) is 0 Å². The van der Waals surface area contributed by atoms with Crippen LogP contribution in [0.25, 0.3) is 0 Å². The molecule has 0 unspecified atom stereocenters. The number of nitrogens with one attached hydrogen (secondary N) is 1. The summed E-state index contributed by atoms with van der Waals surface area (Å²) in [5.41, 5.74) is 3.85. The monoisotopic (exact) mass is 515 g/mol. The molecule has 10 nitrogen and oxygen atoms in total. The van der Waals surface area contributed by atoms with Gasteiger partial charge in [0.2, 0.25) is 0 Å². The molecule has 0 radical (unpaired) electrons. The topological polar surface area (TPSA) is 80.0 Å². The van der Waals surface area contributed by atoms with E-state index in [2.05, 4.69) is 92.0 Å². The Bertz CT molecular complexity index is 1260. The van der Waals surface area contributed by atoms with Crippen LogP contribution in [0.1, 0.15) is 6.92 Å². The zero-order chi connectivity index (χ0) is 27.5. The number of imidazole rings is 1. The van der Waals surface area contributed by atoms with Crippen molar-refractivity contribution in [3.05, 3.63) is 85.7 Å². The van der Waals surface area contributed by atoms with E-state index in [1.54, 1.807) is 11.1 Å². The summed E-state index contributed by atoms with van der Waals surface area (Å²) in [5, 5.41) is 20.3. The molecule has 0 saturated heterocycles. The molecule has 0 aliphatic heterocycles. The normalized spacial score (nSPS) is 11.5. The molecule has 38 heavy (non-hydrogen) atoms. The number of hydrogen-bond acceptors (Lipinski definition) is 8. The molecule has 1 aromatic heterocycles. The first kappa shape index (κ1) is 28.1. The number of nitrogens with zero attached hydrogens (tertiary/aromatic N) is 9. The van der Waals surface area contributed by atoms with E-state index in [1.807, 2.05) is 68.6 Å². The van der Waals surface area contributed by atoms with E-state index in [9.17, 15) is 0 Å². The van der Waals surface area contributed by atoms with Crippen molar-refractivity contribution >= 4 is 28.7 Å². The van der Waals surface area contributed by atoms with Gasteiger partial charge < -0.3 is 20.0 Å². The Morgan fingerprint density at radius 2 is 1.47 bits per heavy atom. The highest BCUT2D eigenvalue weighted by Crippen LogP contribution is 2.22. The van der Waals surface area contributed by atoms with Gasteiger partial charge in [0.25, 0.3) is 0 Å². The van der Waals surface area contributed by atoms with Gasteiger partial charge in [-0.05, 0) is 55.5 Å². The Balaban J connectivity index is 1.51. The van der Waals surface area contributed by atoms with Crippen molar-refractivity contribution in [2.45, 2.75) is 13.5 Å². The number of azo groups is 2. The van der Waals surface area contributed by atoms with E-state index >= 15 is 0 Å². The van der Waals surface area contributed by atoms with Crippen LogP contribution in [0.15, 0.2) is 106 Å². The minimum Gasteiger partial charge on any atom is -0.393 e. The summed E-state index contributed by atoms with van der Waals surface area (Å²) in [6.45, 7) is 8.60. The maximum atomic E-state index is 4.43. The zero-order valence-corrected chi connectivity index (χ0v) is 23.3. The van der Waals surface area contributed by atoms with Crippen LogP contribution in [0, 0.1) is 0 Å². The van der Waals surface area contributed by atoms with Gasteiger partial charge in [-0.1, -0.05) is 11.7 Å². The van der Waals surface area contributed by atoms with Crippen molar-refractivity contribution in [2.75, 3.05) is 51.1 Å². The van der Waals surface area contributed by atoms with Crippen LogP contribution in [0.4, 0.5) is 28.7 Å². The molecule has 0 saturated carbocycles. The first-order valence-electron chi connectivity index (χ1n) is 12.6. The molecular formula is C28H39N10+. The smallest absolute Gasteiger partial charge is 0.393 e. The summed E-state index contributed by atoms with van der Waals surface area (Å²) in [5.74, 6) is 1.38. The molecule has 3 rings (SSSR count).